The van der Waals surface area contributed by atoms with Crippen molar-refractivity contribution in [3.63, 3.8) is 0 Å². The van der Waals surface area contributed by atoms with E-state index in [9.17, 15) is 4.79 Å². The van der Waals surface area contributed by atoms with Crippen LogP contribution < -0.4 is 0 Å². The van der Waals surface area contributed by atoms with Crippen molar-refractivity contribution in [2.45, 2.75) is 44.5 Å². The minimum atomic E-state index is -0.173. The molecule has 0 aromatic carbocycles. The molecular weight excluding hydrogens is 334 g/mol. The van der Waals surface area contributed by atoms with Crippen molar-refractivity contribution in [3.05, 3.63) is 47.6 Å². The molecule has 2 aliphatic rings. The van der Waals surface area contributed by atoms with Crippen molar-refractivity contribution in [1.29, 1.82) is 0 Å². The fourth-order valence-corrected chi connectivity index (χ4v) is 3.69. The lowest BCUT2D eigenvalue weighted by Crippen LogP contribution is -2.46. The second-order valence-corrected chi connectivity index (χ2v) is 7.12. The molecule has 1 spiro atoms. The Morgan fingerprint density at radius 3 is 2.96 bits per heavy atom. The molecular formula is C19H23N3O4. The number of hydrogen-bond acceptors (Lipinski definition) is 6. The van der Waals surface area contributed by atoms with Crippen molar-refractivity contribution in [3.8, 4) is 0 Å². The molecule has 26 heavy (non-hydrogen) atoms. The van der Waals surface area contributed by atoms with Crippen LogP contribution in [-0.2, 0) is 16.1 Å². The fraction of sp³-hybridized carbons (Fsp3) is 0.526. The van der Waals surface area contributed by atoms with E-state index in [1.54, 1.807) is 12.3 Å². The quantitative estimate of drug-likeness (QED) is 0.836. The van der Waals surface area contributed by atoms with Gasteiger partial charge in [-0.3, -0.25) is 9.78 Å². The molecule has 2 aliphatic heterocycles. The molecule has 7 nitrogen and oxygen atoms in total. The van der Waals surface area contributed by atoms with Crippen molar-refractivity contribution >= 4 is 5.91 Å². The second kappa shape index (κ2) is 7.17. The summed E-state index contributed by atoms with van der Waals surface area (Å²) in [7, 11) is 0. The number of amides is 1. The number of nitrogens with zero attached hydrogens (tertiary/aromatic N) is 3. The number of rotatable bonds is 4. The van der Waals surface area contributed by atoms with E-state index in [0.717, 1.165) is 30.5 Å². The van der Waals surface area contributed by atoms with E-state index in [2.05, 4.69) is 10.1 Å². The topological polar surface area (TPSA) is 77.7 Å². The molecule has 0 bridgehead atoms. The molecule has 2 saturated heterocycles. The van der Waals surface area contributed by atoms with Gasteiger partial charge in [-0.05, 0) is 31.4 Å². The zero-order chi connectivity index (χ0) is 18.0. The lowest BCUT2D eigenvalue weighted by atomic mass is 9.88. The summed E-state index contributed by atoms with van der Waals surface area (Å²) in [6.45, 7) is 4.29. The molecule has 2 aromatic rings. The maximum atomic E-state index is 12.5. The van der Waals surface area contributed by atoms with Gasteiger partial charge in [0.25, 0.3) is 5.91 Å². The monoisotopic (exact) mass is 357 g/mol. The van der Waals surface area contributed by atoms with Gasteiger partial charge >= 0.3 is 0 Å². The van der Waals surface area contributed by atoms with E-state index in [1.807, 2.05) is 30.2 Å². The number of hydrogen-bond donors (Lipinski definition) is 0. The van der Waals surface area contributed by atoms with Gasteiger partial charge in [0.2, 0.25) is 5.76 Å². The summed E-state index contributed by atoms with van der Waals surface area (Å²) in [5, 5.41) is 3.79. The third-order valence-electron chi connectivity index (χ3n) is 5.18. The van der Waals surface area contributed by atoms with Gasteiger partial charge in [0.1, 0.15) is 0 Å². The summed E-state index contributed by atoms with van der Waals surface area (Å²) in [4.78, 5) is 18.4. The Kier molecular flexibility index (Phi) is 4.74. The third-order valence-corrected chi connectivity index (χ3v) is 5.18. The van der Waals surface area contributed by atoms with Crippen LogP contribution >= 0.6 is 0 Å². The van der Waals surface area contributed by atoms with Gasteiger partial charge in [0.15, 0.2) is 0 Å². The van der Waals surface area contributed by atoms with Crippen LogP contribution in [0.4, 0.5) is 0 Å². The van der Waals surface area contributed by atoms with Gasteiger partial charge in [-0.15, -0.1) is 0 Å². The average Bonchev–Trinajstić information content (AvgIpc) is 3.28. The van der Waals surface area contributed by atoms with Gasteiger partial charge < -0.3 is 18.9 Å². The second-order valence-electron chi connectivity index (χ2n) is 7.12. The van der Waals surface area contributed by atoms with Crippen LogP contribution in [0.25, 0.3) is 0 Å². The van der Waals surface area contributed by atoms with Crippen molar-refractivity contribution in [2.24, 2.45) is 0 Å². The summed E-state index contributed by atoms with van der Waals surface area (Å²) in [6, 6.07) is 5.60. The van der Waals surface area contributed by atoms with Gasteiger partial charge in [0.05, 0.1) is 30.6 Å². The van der Waals surface area contributed by atoms with Gasteiger partial charge in [-0.1, -0.05) is 11.2 Å². The summed E-state index contributed by atoms with van der Waals surface area (Å²) >= 11 is 0. The smallest absolute Gasteiger partial charge is 0.292 e. The van der Waals surface area contributed by atoms with Gasteiger partial charge in [-0.2, -0.15) is 0 Å². The molecule has 0 aliphatic carbocycles. The zero-order valence-corrected chi connectivity index (χ0v) is 14.9. The number of ether oxygens (including phenoxy) is 2. The van der Waals surface area contributed by atoms with Crippen molar-refractivity contribution in [2.75, 3.05) is 19.7 Å². The highest BCUT2D eigenvalue weighted by molar-refractivity contribution is 5.91. The van der Waals surface area contributed by atoms with Crippen LogP contribution in [0.1, 0.15) is 41.1 Å². The first-order valence-electron chi connectivity index (χ1n) is 9.01. The molecule has 0 saturated carbocycles. The molecule has 7 heteroatoms. The predicted octanol–water partition coefficient (Wildman–Crippen LogP) is 2.36. The predicted molar refractivity (Wildman–Crippen MR) is 92.5 cm³/mol. The Morgan fingerprint density at radius 1 is 1.42 bits per heavy atom. The first-order chi connectivity index (χ1) is 12.6. The first-order valence-corrected chi connectivity index (χ1v) is 9.01. The summed E-state index contributed by atoms with van der Waals surface area (Å²) < 4.78 is 17.2. The molecule has 0 unspecified atom stereocenters. The Morgan fingerprint density at radius 2 is 2.27 bits per heavy atom. The van der Waals surface area contributed by atoms with E-state index in [4.69, 9.17) is 14.0 Å². The van der Waals surface area contributed by atoms with Crippen LogP contribution in [0.3, 0.4) is 0 Å². The molecule has 4 heterocycles. The lowest BCUT2D eigenvalue weighted by molar-refractivity contribution is -0.0417. The third kappa shape index (κ3) is 3.64. The number of carbonyl (C=O) groups is 1. The van der Waals surface area contributed by atoms with Crippen LogP contribution in [-0.4, -0.2) is 52.3 Å². The van der Waals surface area contributed by atoms with Gasteiger partial charge in [-0.25, -0.2) is 0 Å². The van der Waals surface area contributed by atoms with E-state index in [1.165, 1.54) is 0 Å². The molecule has 4 rings (SSSR count). The summed E-state index contributed by atoms with van der Waals surface area (Å²) in [5.41, 5.74) is 1.61. The molecule has 0 radical (unpaired) electrons. The fourth-order valence-electron chi connectivity index (χ4n) is 3.69. The van der Waals surface area contributed by atoms with Crippen LogP contribution in [0.2, 0.25) is 0 Å². The maximum Gasteiger partial charge on any atom is 0.292 e. The number of carbonyl (C=O) groups excluding carboxylic acids is 1. The number of aromatic nitrogens is 2. The Balaban J connectivity index is 1.28. The van der Waals surface area contributed by atoms with Crippen LogP contribution in [0.15, 0.2) is 35.1 Å². The van der Waals surface area contributed by atoms with Crippen molar-refractivity contribution in [1.82, 2.24) is 15.0 Å². The Labute approximate surface area is 152 Å². The molecule has 1 atom stereocenters. The minimum absolute atomic E-state index is 0.0920. The molecule has 0 N–H and O–H groups in total. The van der Waals surface area contributed by atoms with Crippen LogP contribution in [0, 0.1) is 6.92 Å². The average molecular weight is 357 g/mol. The van der Waals surface area contributed by atoms with Crippen LogP contribution in [0.5, 0.6) is 0 Å². The highest BCUT2D eigenvalue weighted by Crippen LogP contribution is 2.37. The number of pyridine rings is 1. The highest BCUT2D eigenvalue weighted by atomic mass is 16.6. The zero-order valence-electron chi connectivity index (χ0n) is 14.9. The SMILES string of the molecule is Cc1cc(C(=O)N2CCC3(CC2)C[C@H](OCc2cccnc2)CO3)on1. The summed E-state index contributed by atoms with van der Waals surface area (Å²) in [6.07, 6.45) is 6.18. The number of aryl methyl sites for hydroxylation is 1. The first kappa shape index (κ1) is 17.2. The Bertz CT molecular complexity index is 753. The Hall–Kier alpha value is -2.25. The molecule has 1 amide bonds. The number of likely N-dealkylation sites (tertiary alicyclic amines) is 1. The van der Waals surface area contributed by atoms with Gasteiger partial charge in [0, 0.05) is 38.0 Å². The largest absolute Gasteiger partial charge is 0.372 e. The normalized spacial score (nSPS) is 22.0. The lowest BCUT2D eigenvalue weighted by Gasteiger charge is -2.38. The number of piperidine rings is 1. The van der Waals surface area contributed by atoms with E-state index >= 15 is 0 Å². The molecule has 2 fully saturated rings. The minimum Gasteiger partial charge on any atom is -0.372 e. The molecule has 2 aromatic heterocycles. The van der Waals surface area contributed by atoms with E-state index < -0.39 is 0 Å². The van der Waals surface area contributed by atoms with E-state index in [0.29, 0.717) is 32.1 Å². The molecule has 138 valence electrons. The standard InChI is InChI=1S/C19H23N3O4/c1-14-9-17(26-21-14)18(23)22-7-4-19(5-8-22)10-16(13-25-19)24-12-15-3-2-6-20-11-15/h2-3,6,9,11,16H,4-5,7-8,10,12-13H2,1H3/t16-/m0/s1. The highest BCUT2D eigenvalue weighted by Gasteiger charge is 2.44. The van der Waals surface area contributed by atoms with Crippen molar-refractivity contribution < 1.29 is 18.8 Å². The maximum absolute atomic E-state index is 12.5. The summed E-state index contributed by atoms with van der Waals surface area (Å²) in [5.74, 6) is 0.214. The van der Waals surface area contributed by atoms with E-state index in [-0.39, 0.29) is 17.6 Å².